The van der Waals surface area contributed by atoms with Crippen molar-refractivity contribution in [2.24, 2.45) is 5.92 Å². The smallest absolute Gasteiger partial charge is 0.303 e. The number of carboxylic acid groups (broad SMARTS) is 1. The van der Waals surface area contributed by atoms with Crippen LogP contribution in [-0.4, -0.2) is 22.6 Å². The van der Waals surface area contributed by atoms with Crippen molar-refractivity contribution in [3.63, 3.8) is 0 Å². The standard InChI is InChI=1S/C9H12O4/c10-7-3-1-6(8(11)5-7)2-4-9(12)13/h6H,1-5H2,(H,12,13). The van der Waals surface area contributed by atoms with E-state index in [1.54, 1.807) is 0 Å². The summed E-state index contributed by atoms with van der Waals surface area (Å²) in [4.78, 5) is 32.3. The van der Waals surface area contributed by atoms with Gasteiger partial charge in [0.2, 0.25) is 0 Å². The Morgan fingerprint density at radius 2 is 2.15 bits per heavy atom. The molecule has 0 aromatic rings. The average molecular weight is 184 g/mol. The first kappa shape index (κ1) is 9.89. The van der Waals surface area contributed by atoms with Crippen molar-refractivity contribution >= 4 is 17.5 Å². The van der Waals surface area contributed by atoms with Crippen LogP contribution < -0.4 is 0 Å². The van der Waals surface area contributed by atoms with Gasteiger partial charge in [-0.1, -0.05) is 0 Å². The second-order valence-electron chi connectivity index (χ2n) is 3.35. The van der Waals surface area contributed by atoms with Crippen molar-refractivity contribution in [1.82, 2.24) is 0 Å². The van der Waals surface area contributed by atoms with Crippen LogP contribution in [0.4, 0.5) is 0 Å². The van der Waals surface area contributed by atoms with E-state index in [-0.39, 0.29) is 30.3 Å². The van der Waals surface area contributed by atoms with E-state index in [0.29, 0.717) is 19.3 Å². The molecule has 0 aromatic carbocycles. The largest absolute Gasteiger partial charge is 0.481 e. The first-order valence-electron chi connectivity index (χ1n) is 4.36. The van der Waals surface area contributed by atoms with Crippen LogP contribution in [0.15, 0.2) is 0 Å². The summed E-state index contributed by atoms with van der Waals surface area (Å²) >= 11 is 0. The van der Waals surface area contributed by atoms with Crippen LogP contribution in [0.2, 0.25) is 0 Å². The molecule has 0 amide bonds. The molecule has 1 fully saturated rings. The Labute approximate surface area is 75.9 Å². The van der Waals surface area contributed by atoms with Gasteiger partial charge in [0.25, 0.3) is 0 Å². The maximum atomic E-state index is 11.2. The van der Waals surface area contributed by atoms with Crippen LogP contribution in [0.5, 0.6) is 0 Å². The van der Waals surface area contributed by atoms with Gasteiger partial charge in [-0.25, -0.2) is 0 Å². The van der Waals surface area contributed by atoms with Gasteiger partial charge in [-0.05, 0) is 12.8 Å². The molecule has 4 nitrogen and oxygen atoms in total. The zero-order valence-electron chi connectivity index (χ0n) is 7.28. The number of Topliss-reactive ketones (excluding diaryl/α,β-unsaturated/α-hetero) is 2. The predicted molar refractivity (Wildman–Crippen MR) is 44.2 cm³/mol. The summed E-state index contributed by atoms with van der Waals surface area (Å²) in [6, 6.07) is 0. The molecule has 1 unspecified atom stereocenters. The van der Waals surface area contributed by atoms with E-state index in [9.17, 15) is 14.4 Å². The van der Waals surface area contributed by atoms with E-state index in [1.807, 2.05) is 0 Å². The van der Waals surface area contributed by atoms with Gasteiger partial charge in [0.15, 0.2) is 0 Å². The van der Waals surface area contributed by atoms with Crippen molar-refractivity contribution in [2.75, 3.05) is 0 Å². The van der Waals surface area contributed by atoms with E-state index in [1.165, 1.54) is 0 Å². The molecule has 1 aliphatic carbocycles. The molecular weight excluding hydrogens is 172 g/mol. The van der Waals surface area contributed by atoms with Crippen molar-refractivity contribution in [2.45, 2.75) is 32.1 Å². The lowest BCUT2D eigenvalue weighted by molar-refractivity contribution is -0.137. The van der Waals surface area contributed by atoms with Gasteiger partial charge in [-0.2, -0.15) is 0 Å². The van der Waals surface area contributed by atoms with E-state index in [4.69, 9.17) is 5.11 Å². The Morgan fingerprint density at radius 3 is 2.69 bits per heavy atom. The lowest BCUT2D eigenvalue weighted by atomic mass is 9.84. The monoisotopic (exact) mass is 184 g/mol. The maximum absolute atomic E-state index is 11.2. The third-order valence-corrected chi connectivity index (χ3v) is 2.31. The molecule has 0 heterocycles. The highest BCUT2D eigenvalue weighted by molar-refractivity contribution is 6.02. The first-order chi connectivity index (χ1) is 6.09. The summed E-state index contributed by atoms with van der Waals surface area (Å²) < 4.78 is 0. The highest BCUT2D eigenvalue weighted by Gasteiger charge is 2.26. The molecule has 0 saturated heterocycles. The number of aliphatic carboxylic acids is 1. The van der Waals surface area contributed by atoms with Gasteiger partial charge in [0, 0.05) is 18.8 Å². The van der Waals surface area contributed by atoms with Crippen molar-refractivity contribution in [3.05, 3.63) is 0 Å². The van der Waals surface area contributed by atoms with Crippen LogP contribution in [0, 0.1) is 5.92 Å². The minimum Gasteiger partial charge on any atom is -0.481 e. The number of carbonyl (C=O) groups is 3. The molecular formula is C9H12O4. The fraction of sp³-hybridized carbons (Fsp3) is 0.667. The number of carboxylic acids is 1. The van der Waals surface area contributed by atoms with Crippen LogP contribution in [0.25, 0.3) is 0 Å². The molecule has 4 heteroatoms. The zero-order valence-corrected chi connectivity index (χ0v) is 7.28. The number of rotatable bonds is 3. The molecule has 0 aromatic heterocycles. The maximum Gasteiger partial charge on any atom is 0.303 e. The molecule has 0 bridgehead atoms. The van der Waals surface area contributed by atoms with Gasteiger partial charge >= 0.3 is 5.97 Å². The van der Waals surface area contributed by atoms with E-state index < -0.39 is 5.97 Å². The summed E-state index contributed by atoms with van der Waals surface area (Å²) in [6.07, 6.45) is 1.36. The minimum absolute atomic E-state index is 0.00425. The van der Waals surface area contributed by atoms with Crippen LogP contribution in [0.1, 0.15) is 32.1 Å². The fourth-order valence-corrected chi connectivity index (χ4v) is 1.53. The summed E-state index contributed by atoms with van der Waals surface area (Å²) in [5.41, 5.74) is 0. The molecule has 13 heavy (non-hydrogen) atoms. The highest BCUT2D eigenvalue weighted by atomic mass is 16.4. The molecule has 0 radical (unpaired) electrons. The second kappa shape index (κ2) is 4.16. The molecule has 1 N–H and O–H groups in total. The van der Waals surface area contributed by atoms with E-state index in [2.05, 4.69) is 0 Å². The quantitative estimate of drug-likeness (QED) is 0.658. The molecule has 1 saturated carbocycles. The van der Waals surface area contributed by atoms with Crippen LogP contribution >= 0.6 is 0 Å². The van der Waals surface area contributed by atoms with Crippen molar-refractivity contribution in [1.29, 1.82) is 0 Å². The average Bonchev–Trinajstić information content (AvgIpc) is 2.02. The molecule has 0 aliphatic heterocycles. The topological polar surface area (TPSA) is 71.4 Å². The van der Waals surface area contributed by atoms with Crippen molar-refractivity contribution in [3.8, 4) is 0 Å². The van der Waals surface area contributed by atoms with Crippen LogP contribution in [-0.2, 0) is 14.4 Å². The SMILES string of the molecule is O=C(O)CCC1CCC(=O)CC1=O. The van der Waals surface area contributed by atoms with E-state index in [0.717, 1.165) is 0 Å². The Morgan fingerprint density at radius 1 is 1.46 bits per heavy atom. The summed E-state index contributed by atoms with van der Waals surface area (Å²) in [7, 11) is 0. The van der Waals surface area contributed by atoms with Crippen molar-refractivity contribution < 1.29 is 19.5 Å². The van der Waals surface area contributed by atoms with Gasteiger partial charge in [0.1, 0.15) is 11.6 Å². The van der Waals surface area contributed by atoms with Gasteiger partial charge in [0.05, 0.1) is 6.42 Å². The fourth-order valence-electron chi connectivity index (χ4n) is 1.53. The minimum atomic E-state index is -0.885. The summed E-state index contributed by atoms with van der Waals surface area (Å²) in [6.45, 7) is 0. The Kier molecular flexibility index (Phi) is 3.17. The third kappa shape index (κ3) is 2.97. The van der Waals surface area contributed by atoms with Gasteiger partial charge in [-0.15, -0.1) is 0 Å². The number of hydrogen-bond acceptors (Lipinski definition) is 3. The van der Waals surface area contributed by atoms with E-state index >= 15 is 0 Å². The normalized spacial score (nSPS) is 23.2. The number of ketones is 2. The number of carbonyl (C=O) groups excluding carboxylic acids is 2. The van der Waals surface area contributed by atoms with Crippen LogP contribution in [0.3, 0.4) is 0 Å². The number of hydrogen-bond donors (Lipinski definition) is 1. The summed E-state index contributed by atoms with van der Waals surface area (Å²) in [5, 5.41) is 8.40. The lowest BCUT2D eigenvalue weighted by Crippen LogP contribution is -2.25. The molecule has 72 valence electrons. The molecule has 1 atom stereocenters. The van der Waals surface area contributed by atoms with Gasteiger partial charge < -0.3 is 5.11 Å². The predicted octanol–water partition coefficient (Wildman–Crippen LogP) is 0.790. The Hall–Kier alpha value is -1.19. The molecule has 1 aliphatic rings. The highest BCUT2D eigenvalue weighted by Crippen LogP contribution is 2.22. The Balaban J connectivity index is 2.38. The Bertz CT molecular complexity index is 244. The van der Waals surface area contributed by atoms with Gasteiger partial charge in [-0.3, -0.25) is 14.4 Å². The third-order valence-electron chi connectivity index (χ3n) is 2.31. The first-order valence-corrected chi connectivity index (χ1v) is 4.36. The summed E-state index contributed by atoms with van der Waals surface area (Å²) in [5.74, 6) is -1.19. The zero-order chi connectivity index (χ0) is 9.84. The molecule has 1 rings (SSSR count). The molecule has 0 spiro atoms. The second-order valence-corrected chi connectivity index (χ2v) is 3.35. The lowest BCUT2D eigenvalue weighted by Gasteiger charge is -2.18.